The summed E-state index contributed by atoms with van der Waals surface area (Å²) in [6.45, 7) is 0.131. The Morgan fingerprint density at radius 2 is 1.95 bits per heavy atom. The van der Waals surface area contributed by atoms with Crippen LogP contribution in [-0.2, 0) is 22.4 Å². The molecule has 190 valence electrons. The van der Waals surface area contributed by atoms with Crippen LogP contribution in [0.5, 0.6) is 11.5 Å². The van der Waals surface area contributed by atoms with Crippen LogP contribution >= 0.6 is 11.3 Å². The van der Waals surface area contributed by atoms with Gasteiger partial charge in [0, 0.05) is 22.6 Å². The average Bonchev–Trinajstić information content (AvgIpc) is 3.45. The number of carbonyl (C=O) groups excluding carboxylic acids is 2. The molecule has 6 rings (SSSR count). The van der Waals surface area contributed by atoms with Gasteiger partial charge in [-0.15, -0.1) is 11.3 Å². The summed E-state index contributed by atoms with van der Waals surface area (Å²) in [5.74, 6) is 0.424. The first-order valence-corrected chi connectivity index (χ1v) is 13.4. The summed E-state index contributed by atoms with van der Waals surface area (Å²) in [5, 5.41) is 11.0. The number of hydrogen-bond donors (Lipinski definition) is 1. The zero-order chi connectivity index (χ0) is 25.7. The minimum absolute atomic E-state index is 0.00750. The number of esters is 1. The Morgan fingerprint density at radius 1 is 1.14 bits per heavy atom. The maximum atomic E-state index is 13.5. The number of ether oxygens (including phenoxy) is 3. The van der Waals surface area contributed by atoms with Crippen molar-refractivity contribution in [3.63, 3.8) is 0 Å². The number of nitrogens with zero attached hydrogens (tertiary/aromatic N) is 2. The molecule has 0 radical (unpaired) electrons. The Bertz CT molecular complexity index is 1430. The first-order valence-electron chi connectivity index (χ1n) is 12.6. The van der Waals surface area contributed by atoms with Gasteiger partial charge in [-0.05, 0) is 61.8 Å². The van der Waals surface area contributed by atoms with Crippen molar-refractivity contribution in [2.75, 3.05) is 18.8 Å². The van der Waals surface area contributed by atoms with E-state index < -0.39 is 11.9 Å². The summed E-state index contributed by atoms with van der Waals surface area (Å²) in [6.07, 6.45) is 6.54. The molecule has 1 aromatic heterocycles. The maximum Gasteiger partial charge on any atom is 0.341 e. The molecule has 1 atom stereocenters. The lowest BCUT2D eigenvalue weighted by Crippen LogP contribution is -2.39. The van der Waals surface area contributed by atoms with E-state index in [0.717, 1.165) is 53.8 Å². The summed E-state index contributed by atoms with van der Waals surface area (Å²) < 4.78 is 16.3. The van der Waals surface area contributed by atoms with E-state index in [0.29, 0.717) is 46.9 Å². The highest BCUT2D eigenvalue weighted by molar-refractivity contribution is 7.16. The van der Waals surface area contributed by atoms with Crippen LogP contribution in [0.15, 0.2) is 40.9 Å². The van der Waals surface area contributed by atoms with E-state index in [-0.39, 0.29) is 24.0 Å². The maximum absolute atomic E-state index is 13.5. The van der Waals surface area contributed by atoms with Crippen molar-refractivity contribution >= 4 is 28.1 Å². The van der Waals surface area contributed by atoms with Crippen molar-refractivity contribution in [1.29, 1.82) is 5.26 Å². The Kier molecular flexibility index (Phi) is 5.92. The quantitative estimate of drug-likeness (QED) is 0.454. The zero-order valence-corrected chi connectivity index (χ0v) is 21.4. The van der Waals surface area contributed by atoms with Gasteiger partial charge in [0.15, 0.2) is 17.3 Å². The SMILES string of the molecule is COC(=O)c1c(N2C(N)=C(C#N)C(c3ccc4c(c3)OCO4)C3=C2CCCC3=O)sc2c1CCCCC2. The number of anilines is 1. The van der Waals surface area contributed by atoms with E-state index in [1.54, 1.807) is 11.0 Å². The number of carbonyl (C=O) groups is 2. The third-order valence-corrected chi connectivity index (χ3v) is 8.92. The Hall–Kier alpha value is -3.77. The highest BCUT2D eigenvalue weighted by Gasteiger charge is 2.43. The summed E-state index contributed by atoms with van der Waals surface area (Å²) in [5.41, 5.74) is 10.7. The van der Waals surface area contributed by atoms with Crippen molar-refractivity contribution in [1.82, 2.24) is 0 Å². The second kappa shape index (κ2) is 9.27. The van der Waals surface area contributed by atoms with Crippen LogP contribution in [-0.4, -0.2) is 25.7 Å². The number of rotatable bonds is 3. The standard InChI is InChI=1S/C28H27N3O5S/c1-34-28(33)24-16-6-3-2-4-9-22(16)37-27(24)31-18-7-5-8-19(32)25(18)23(17(13-29)26(31)30)15-10-11-20-21(12-15)36-14-35-20/h10-12,23H,2-9,14,30H2,1H3. The van der Waals surface area contributed by atoms with E-state index in [1.807, 2.05) is 12.1 Å². The molecule has 0 amide bonds. The summed E-state index contributed by atoms with van der Waals surface area (Å²) >= 11 is 1.53. The van der Waals surface area contributed by atoms with Crippen molar-refractivity contribution in [3.05, 3.63) is 62.4 Å². The topological polar surface area (TPSA) is 115 Å². The Balaban J connectivity index is 1.57. The van der Waals surface area contributed by atoms with Crippen LogP contribution in [0, 0.1) is 11.3 Å². The molecule has 2 aliphatic carbocycles. The van der Waals surface area contributed by atoms with Crippen molar-refractivity contribution in [2.24, 2.45) is 5.73 Å². The van der Waals surface area contributed by atoms with E-state index in [1.165, 1.54) is 18.4 Å². The Labute approximate surface area is 218 Å². The number of allylic oxidation sites excluding steroid dienone is 3. The van der Waals surface area contributed by atoms with Crippen LogP contribution in [0.25, 0.3) is 0 Å². The van der Waals surface area contributed by atoms with Gasteiger partial charge in [-0.2, -0.15) is 5.26 Å². The van der Waals surface area contributed by atoms with E-state index in [4.69, 9.17) is 19.9 Å². The van der Waals surface area contributed by atoms with E-state index in [2.05, 4.69) is 6.07 Å². The summed E-state index contributed by atoms with van der Waals surface area (Å²) in [7, 11) is 1.38. The average molecular weight is 518 g/mol. The molecule has 4 aliphatic rings. The molecule has 2 N–H and O–H groups in total. The largest absolute Gasteiger partial charge is 0.465 e. The fraction of sp³-hybridized carbons (Fsp3) is 0.393. The molecule has 0 saturated heterocycles. The van der Waals surface area contributed by atoms with Gasteiger partial charge >= 0.3 is 5.97 Å². The number of hydrogen-bond acceptors (Lipinski definition) is 9. The number of nitriles is 1. The van der Waals surface area contributed by atoms with Gasteiger partial charge in [-0.3, -0.25) is 9.69 Å². The minimum atomic E-state index is -0.613. The van der Waals surface area contributed by atoms with E-state index >= 15 is 0 Å². The van der Waals surface area contributed by atoms with Gasteiger partial charge in [0.05, 0.1) is 30.2 Å². The molecule has 1 unspecified atom stereocenters. The fourth-order valence-corrected chi connectivity index (χ4v) is 7.36. The predicted octanol–water partition coefficient (Wildman–Crippen LogP) is 4.84. The third-order valence-electron chi connectivity index (χ3n) is 7.64. The van der Waals surface area contributed by atoms with Gasteiger partial charge in [-0.1, -0.05) is 12.5 Å². The lowest BCUT2D eigenvalue weighted by Gasteiger charge is -2.39. The van der Waals surface area contributed by atoms with Crippen LogP contribution in [0.4, 0.5) is 5.00 Å². The number of nitrogens with two attached hydrogens (primary N) is 1. The second-order valence-electron chi connectivity index (χ2n) is 9.67. The lowest BCUT2D eigenvalue weighted by molar-refractivity contribution is -0.116. The fourth-order valence-electron chi connectivity index (χ4n) is 5.94. The molecule has 3 heterocycles. The van der Waals surface area contributed by atoms with Crippen LogP contribution < -0.4 is 20.1 Å². The molecule has 2 aromatic rings. The molecule has 0 bridgehead atoms. The predicted molar refractivity (Wildman–Crippen MR) is 137 cm³/mol. The number of aryl methyl sites for hydroxylation is 1. The molecule has 0 saturated carbocycles. The molecular weight excluding hydrogens is 490 g/mol. The van der Waals surface area contributed by atoms with Crippen LogP contribution in [0.3, 0.4) is 0 Å². The van der Waals surface area contributed by atoms with Gasteiger partial charge < -0.3 is 19.9 Å². The lowest BCUT2D eigenvalue weighted by atomic mass is 9.75. The zero-order valence-electron chi connectivity index (χ0n) is 20.6. The molecule has 8 nitrogen and oxygen atoms in total. The van der Waals surface area contributed by atoms with Crippen molar-refractivity contribution in [3.8, 4) is 17.6 Å². The Morgan fingerprint density at radius 3 is 2.76 bits per heavy atom. The molecule has 0 fully saturated rings. The van der Waals surface area contributed by atoms with Crippen molar-refractivity contribution in [2.45, 2.75) is 57.3 Å². The summed E-state index contributed by atoms with van der Waals surface area (Å²) in [6, 6.07) is 7.79. The van der Waals surface area contributed by atoms with E-state index in [9.17, 15) is 14.9 Å². The minimum Gasteiger partial charge on any atom is -0.465 e. The number of benzene rings is 1. The smallest absolute Gasteiger partial charge is 0.341 e. The molecular formula is C28H27N3O5S. The normalized spacial score (nSPS) is 20.8. The van der Waals surface area contributed by atoms with Gasteiger partial charge in [0.2, 0.25) is 6.79 Å². The number of methoxy groups -OCH3 is 1. The van der Waals surface area contributed by atoms with Gasteiger partial charge in [-0.25, -0.2) is 4.79 Å². The molecule has 2 aliphatic heterocycles. The van der Waals surface area contributed by atoms with Gasteiger partial charge in [0.1, 0.15) is 10.8 Å². The highest BCUT2D eigenvalue weighted by atomic mass is 32.1. The summed E-state index contributed by atoms with van der Waals surface area (Å²) in [4.78, 5) is 29.6. The molecule has 37 heavy (non-hydrogen) atoms. The van der Waals surface area contributed by atoms with Crippen LogP contribution in [0.2, 0.25) is 0 Å². The van der Waals surface area contributed by atoms with Gasteiger partial charge in [0.25, 0.3) is 0 Å². The first kappa shape index (κ1) is 23.6. The van der Waals surface area contributed by atoms with Crippen molar-refractivity contribution < 1.29 is 23.8 Å². The highest BCUT2D eigenvalue weighted by Crippen LogP contribution is 2.51. The number of ketones is 1. The number of fused-ring (bicyclic) bond motifs is 2. The number of thiophene rings is 1. The van der Waals surface area contributed by atoms with Crippen LogP contribution in [0.1, 0.15) is 70.8 Å². The monoisotopic (exact) mass is 517 g/mol. The second-order valence-corrected chi connectivity index (χ2v) is 10.7. The number of Topliss-reactive ketones (excluding diaryl/α,β-unsaturated/α-hetero) is 1. The third kappa shape index (κ3) is 3.70. The first-order chi connectivity index (χ1) is 18.0. The molecule has 9 heteroatoms. The molecule has 0 spiro atoms. The molecule has 1 aromatic carbocycles.